The van der Waals surface area contributed by atoms with Crippen molar-refractivity contribution >= 4 is 11.6 Å². The van der Waals surface area contributed by atoms with Gasteiger partial charge in [0.05, 0.1) is 0 Å². The van der Waals surface area contributed by atoms with E-state index in [1.54, 1.807) is 0 Å². The zero-order chi connectivity index (χ0) is 11.1. The Morgan fingerprint density at radius 3 is 1.93 bits per heavy atom. The van der Waals surface area contributed by atoms with Crippen LogP contribution in [0.5, 0.6) is 0 Å². The van der Waals surface area contributed by atoms with Gasteiger partial charge in [0, 0.05) is 5.88 Å². The molecule has 1 heteroatoms. The molecule has 0 aromatic heterocycles. The lowest BCUT2D eigenvalue weighted by Crippen LogP contribution is -2.17. The van der Waals surface area contributed by atoms with E-state index >= 15 is 0 Å². The maximum atomic E-state index is 6.02. The van der Waals surface area contributed by atoms with E-state index in [2.05, 4.69) is 34.6 Å². The molecule has 0 aromatic carbocycles. The minimum atomic E-state index is 0.718. The van der Waals surface area contributed by atoms with Gasteiger partial charge >= 0.3 is 0 Å². The molecule has 0 rings (SSSR count). The Kier molecular flexibility index (Phi) is 7.72. The van der Waals surface area contributed by atoms with Gasteiger partial charge in [0.15, 0.2) is 0 Å². The predicted molar refractivity (Wildman–Crippen MR) is 66.9 cm³/mol. The van der Waals surface area contributed by atoms with Gasteiger partial charge in [0.25, 0.3) is 0 Å². The quantitative estimate of drug-likeness (QED) is 0.530. The topological polar surface area (TPSA) is 0 Å². The SMILES string of the molecule is CCC(C)C(CCl)CC(C)CC(C)C. The molecule has 0 amide bonds. The van der Waals surface area contributed by atoms with Crippen molar-refractivity contribution in [2.75, 3.05) is 5.88 Å². The lowest BCUT2D eigenvalue weighted by atomic mass is 9.83. The van der Waals surface area contributed by atoms with E-state index in [1.165, 1.54) is 19.3 Å². The Bertz CT molecular complexity index is 131. The molecule has 0 aromatic rings. The molecular formula is C13H27Cl. The Balaban J connectivity index is 3.91. The van der Waals surface area contributed by atoms with Crippen LogP contribution in [-0.2, 0) is 0 Å². The van der Waals surface area contributed by atoms with Crippen molar-refractivity contribution in [3.63, 3.8) is 0 Å². The van der Waals surface area contributed by atoms with Gasteiger partial charge in [-0.1, -0.05) is 41.0 Å². The van der Waals surface area contributed by atoms with Crippen molar-refractivity contribution < 1.29 is 0 Å². The molecule has 0 aliphatic carbocycles. The first-order chi connectivity index (χ1) is 6.51. The van der Waals surface area contributed by atoms with Crippen LogP contribution >= 0.6 is 11.6 Å². The van der Waals surface area contributed by atoms with Crippen molar-refractivity contribution in [2.24, 2.45) is 23.7 Å². The lowest BCUT2D eigenvalue weighted by Gasteiger charge is -2.24. The second kappa shape index (κ2) is 7.56. The average Bonchev–Trinajstić information content (AvgIpc) is 2.11. The summed E-state index contributed by atoms with van der Waals surface area (Å²) >= 11 is 6.02. The van der Waals surface area contributed by atoms with E-state index in [-0.39, 0.29) is 0 Å². The fraction of sp³-hybridized carbons (Fsp3) is 1.00. The van der Waals surface area contributed by atoms with Crippen LogP contribution in [0.15, 0.2) is 0 Å². The summed E-state index contributed by atoms with van der Waals surface area (Å²) in [6.07, 6.45) is 3.90. The van der Waals surface area contributed by atoms with E-state index in [1.807, 2.05) is 0 Å². The third-order valence-corrected chi connectivity index (χ3v) is 3.62. The maximum absolute atomic E-state index is 6.02. The fourth-order valence-electron chi connectivity index (χ4n) is 2.20. The first-order valence-electron chi connectivity index (χ1n) is 6.07. The van der Waals surface area contributed by atoms with Gasteiger partial charge in [-0.15, -0.1) is 11.6 Å². The summed E-state index contributed by atoms with van der Waals surface area (Å²) in [7, 11) is 0. The molecule has 0 fully saturated rings. The van der Waals surface area contributed by atoms with E-state index in [0.29, 0.717) is 0 Å². The van der Waals surface area contributed by atoms with E-state index in [4.69, 9.17) is 11.6 Å². The van der Waals surface area contributed by atoms with Crippen LogP contribution < -0.4 is 0 Å². The molecule has 0 N–H and O–H groups in total. The minimum Gasteiger partial charge on any atom is -0.126 e. The van der Waals surface area contributed by atoms with Crippen LogP contribution in [0.3, 0.4) is 0 Å². The van der Waals surface area contributed by atoms with Crippen molar-refractivity contribution in [1.29, 1.82) is 0 Å². The highest BCUT2D eigenvalue weighted by Crippen LogP contribution is 2.27. The summed E-state index contributed by atoms with van der Waals surface area (Å²) in [5, 5.41) is 0. The second-order valence-electron chi connectivity index (χ2n) is 5.27. The monoisotopic (exact) mass is 218 g/mol. The van der Waals surface area contributed by atoms with Gasteiger partial charge in [-0.25, -0.2) is 0 Å². The highest BCUT2D eigenvalue weighted by Gasteiger charge is 2.18. The average molecular weight is 219 g/mol. The second-order valence-corrected chi connectivity index (χ2v) is 5.58. The molecule has 0 saturated carbocycles. The molecule has 0 aliphatic rings. The number of rotatable bonds is 7. The van der Waals surface area contributed by atoms with Crippen LogP contribution in [-0.4, -0.2) is 5.88 Å². The molecule has 3 atom stereocenters. The van der Waals surface area contributed by atoms with Crippen LogP contribution in [0, 0.1) is 23.7 Å². The zero-order valence-electron chi connectivity index (χ0n) is 10.5. The molecule has 0 bridgehead atoms. The van der Waals surface area contributed by atoms with Crippen molar-refractivity contribution in [1.82, 2.24) is 0 Å². The van der Waals surface area contributed by atoms with E-state index in [0.717, 1.165) is 29.6 Å². The van der Waals surface area contributed by atoms with Crippen molar-refractivity contribution in [3.05, 3.63) is 0 Å². The van der Waals surface area contributed by atoms with Crippen LogP contribution in [0.1, 0.15) is 53.9 Å². The molecule has 14 heavy (non-hydrogen) atoms. The highest BCUT2D eigenvalue weighted by atomic mass is 35.5. The number of hydrogen-bond acceptors (Lipinski definition) is 0. The molecule has 0 saturated heterocycles. The van der Waals surface area contributed by atoms with Crippen LogP contribution in [0.25, 0.3) is 0 Å². The summed E-state index contributed by atoms with van der Waals surface area (Å²) < 4.78 is 0. The van der Waals surface area contributed by atoms with Gasteiger partial charge in [-0.05, 0) is 36.5 Å². The highest BCUT2D eigenvalue weighted by molar-refractivity contribution is 6.18. The molecule has 0 heterocycles. The first-order valence-corrected chi connectivity index (χ1v) is 6.60. The van der Waals surface area contributed by atoms with Gasteiger partial charge in [0.1, 0.15) is 0 Å². The minimum absolute atomic E-state index is 0.718. The van der Waals surface area contributed by atoms with Gasteiger partial charge in [-0.3, -0.25) is 0 Å². The largest absolute Gasteiger partial charge is 0.126 e. The molecule has 0 spiro atoms. The smallest absolute Gasteiger partial charge is 0.0254 e. The van der Waals surface area contributed by atoms with E-state index in [9.17, 15) is 0 Å². The Morgan fingerprint density at radius 2 is 1.57 bits per heavy atom. The normalized spacial score (nSPS) is 18.2. The van der Waals surface area contributed by atoms with Crippen LogP contribution in [0.2, 0.25) is 0 Å². The van der Waals surface area contributed by atoms with Gasteiger partial charge in [0.2, 0.25) is 0 Å². The lowest BCUT2D eigenvalue weighted by molar-refractivity contribution is 0.286. The van der Waals surface area contributed by atoms with Crippen molar-refractivity contribution in [3.8, 4) is 0 Å². The fourth-order valence-corrected chi connectivity index (χ4v) is 2.63. The number of alkyl halides is 1. The third-order valence-electron chi connectivity index (χ3n) is 3.23. The molecule has 86 valence electrons. The molecule has 0 nitrogen and oxygen atoms in total. The third kappa shape index (κ3) is 5.90. The molecule has 0 radical (unpaired) electrons. The van der Waals surface area contributed by atoms with Crippen LogP contribution in [0.4, 0.5) is 0 Å². The molecule has 0 aliphatic heterocycles. The summed E-state index contributed by atoms with van der Waals surface area (Å²) in [4.78, 5) is 0. The zero-order valence-corrected chi connectivity index (χ0v) is 11.3. The summed E-state index contributed by atoms with van der Waals surface area (Å²) in [5.41, 5.74) is 0. The predicted octanol–water partition coefficient (Wildman–Crippen LogP) is 4.96. The Morgan fingerprint density at radius 1 is 1.00 bits per heavy atom. The summed E-state index contributed by atoms with van der Waals surface area (Å²) in [6, 6.07) is 0. The Hall–Kier alpha value is 0.290. The summed E-state index contributed by atoms with van der Waals surface area (Å²) in [5.74, 6) is 3.97. The number of halogens is 1. The van der Waals surface area contributed by atoms with Gasteiger partial charge < -0.3 is 0 Å². The standard InChI is InChI=1S/C13H27Cl/c1-6-12(5)13(9-14)8-11(4)7-10(2)3/h10-13H,6-9H2,1-5H3. The first kappa shape index (κ1) is 14.3. The maximum Gasteiger partial charge on any atom is 0.0254 e. The molecular weight excluding hydrogens is 192 g/mol. The van der Waals surface area contributed by atoms with E-state index < -0.39 is 0 Å². The van der Waals surface area contributed by atoms with Crippen molar-refractivity contribution in [2.45, 2.75) is 53.9 Å². The Labute approximate surface area is 95.4 Å². The molecule has 3 unspecified atom stereocenters. The van der Waals surface area contributed by atoms with Gasteiger partial charge in [-0.2, -0.15) is 0 Å². The number of hydrogen-bond donors (Lipinski definition) is 0. The summed E-state index contributed by atoms with van der Waals surface area (Å²) in [6.45, 7) is 11.6.